The Labute approximate surface area is 223 Å². The first-order valence-corrected chi connectivity index (χ1v) is 12.9. The predicted molar refractivity (Wildman–Crippen MR) is 147 cm³/mol. The molecule has 0 fully saturated rings. The summed E-state index contributed by atoms with van der Waals surface area (Å²) < 4.78 is 13.2. The molecule has 7 nitrogen and oxygen atoms in total. The van der Waals surface area contributed by atoms with Gasteiger partial charge in [0.05, 0.1) is 19.8 Å². The first kappa shape index (κ1) is 25.4. The molecule has 1 atom stereocenters. The number of hydrogen-bond donors (Lipinski definition) is 1. The molecule has 1 unspecified atom stereocenters. The van der Waals surface area contributed by atoms with E-state index < -0.39 is 5.54 Å². The fourth-order valence-corrected chi connectivity index (χ4v) is 5.10. The molecule has 2 amide bonds. The zero-order valence-electron chi connectivity index (χ0n) is 22.2. The fourth-order valence-electron chi connectivity index (χ4n) is 5.10. The molecule has 196 valence electrons. The zero-order chi connectivity index (χ0) is 26.9. The number of hydrogen-bond acceptors (Lipinski definition) is 4. The molecular formula is C31H33N3O4. The highest BCUT2D eigenvalue weighted by molar-refractivity contribution is 6.03. The number of methoxy groups -OCH3 is 1. The van der Waals surface area contributed by atoms with Crippen molar-refractivity contribution < 1.29 is 19.1 Å². The lowest BCUT2D eigenvalue weighted by Gasteiger charge is -2.44. The summed E-state index contributed by atoms with van der Waals surface area (Å²) in [5.74, 6) is 1.08. The maximum absolute atomic E-state index is 14.0. The molecular weight excluding hydrogens is 478 g/mol. The molecule has 2 heterocycles. The molecule has 1 aliphatic rings. The van der Waals surface area contributed by atoms with E-state index in [2.05, 4.69) is 5.32 Å². The van der Waals surface area contributed by atoms with Crippen LogP contribution in [0.1, 0.15) is 42.4 Å². The van der Waals surface area contributed by atoms with Crippen molar-refractivity contribution in [2.24, 2.45) is 0 Å². The van der Waals surface area contributed by atoms with Crippen LogP contribution in [0.4, 0.5) is 0 Å². The molecule has 0 saturated carbocycles. The average molecular weight is 512 g/mol. The Hall–Kier alpha value is -4.26. The number of rotatable bonds is 8. The van der Waals surface area contributed by atoms with E-state index in [1.54, 1.807) is 12.0 Å². The highest BCUT2D eigenvalue weighted by Gasteiger charge is 2.47. The lowest BCUT2D eigenvalue weighted by molar-refractivity contribution is -0.133. The van der Waals surface area contributed by atoms with Gasteiger partial charge in [0.2, 0.25) is 5.91 Å². The number of benzene rings is 3. The minimum atomic E-state index is -1.12. The van der Waals surface area contributed by atoms with E-state index in [1.807, 2.05) is 104 Å². The number of carbonyl (C=O) groups excluding carboxylic acids is 2. The third-order valence-electron chi connectivity index (χ3n) is 7.09. The van der Waals surface area contributed by atoms with E-state index in [0.717, 1.165) is 27.8 Å². The van der Waals surface area contributed by atoms with Gasteiger partial charge in [-0.3, -0.25) is 9.59 Å². The van der Waals surface area contributed by atoms with E-state index in [9.17, 15) is 9.59 Å². The number of amides is 2. The summed E-state index contributed by atoms with van der Waals surface area (Å²) in [6.07, 6.45) is 0.0710. The van der Waals surface area contributed by atoms with Gasteiger partial charge in [0.25, 0.3) is 5.91 Å². The topological polar surface area (TPSA) is 72.8 Å². The molecule has 0 radical (unpaired) electrons. The molecule has 0 bridgehead atoms. The second-order valence-electron chi connectivity index (χ2n) is 10.1. The molecule has 3 aromatic carbocycles. The second kappa shape index (κ2) is 10.2. The van der Waals surface area contributed by atoms with Crippen molar-refractivity contribution in [2.45, 2.75) is 52.0 Å². The van der Waals surface area contributed by atoms with Gasteiger partial charge in [-0.15, -0.1) is 0 Å². The van der Waals surface area contributed by atoms with E-state index in [-0.39, 0.29) is 17.9 Å². The van der Waals surface area contributed by atoms with Crippen LogP contribution >= 0.6 is 0 Å². The van der Waals surface area contributed by atoms with Crippen molar-refractivity contribution in [3.05, 3.63) is 95.7 Å². The Morgan fingerprint density at radius 2 is 1.74 bits per heavy atom. The number of ether oxygens (including phenoxy) is 2. The second-order valence-corrected chi connectivity index (χ2v) is 10.1. The van der Waals surface area contributed by atoms with Crippen LogP contribution < -0.4 is 14.8 Å². The number of nitrogens with zero attached hydrogens (tertiary/aromatic N) is 2. The van der Waals surface area contributed by atoms with Crippen LogP contribution in [0.3, 0.4) is 0 Å². The summed E-state index contributed by atoms with van der Waals surface area (Å²) in [7, 11) is 1.61. The van der Waals surface area contributed by atoms with Crippen LogP contribution in [0.25, 0.3) is 10.9 Å². The van der Waals surface area contributed by atoms with Crippen molar-refractivity contribution in [2.75, 3.05) is 7.11 Å². The van der Waals surface area contributed by atoms with Crippen LogP contribution in [-0.2, 0) is 24.4 Å². The SMILES string of the molecule is COc1ccccc1CNC(=O)C1(C)Cn2c(cc3ccccc32)C(=O)N1Cc1ccc(OC(C)C)cc1. The van der Waals surface area contributed by atoms with Gasteiger partial charge in [-0.05, 0) is 56.7 Å². The van der Waals surface area contributed by atoms with Crippen molar-refractivity contribution >= 4 is 22.7 Å². The molecule has 38 heavy (non-hydrogen) atoms. The average Bonchev–Trinajstić information content (AvgIpc) is 3.29. The first-order valence-electron chi connectivity index (χ1n) is 12.9. The standard InChI is InChI=1S/C31H33N3O4/c1-21(2)38-25-15-13-22(14-16-25)19-34-29(35)27-17-23-9-5-7-11-26(23)33(27)20-31(34,3)30(36)32-18-24-10-6-8-12-28(24)37-4/h5-17,21H,18-20H2,1-4H3,(H,32,36). The van der Waals surface area contributed by atoms with E-state index >= 15 is 0 Å². The van der Waals surface area contributed by atoms with Crippen LogP contribution in [0.5, 0.6) is 11.5 Å². The number of carbonyl (C=O) groups is 2. The van der Waals surface area contributed by atoms with Gasteiger partial charge in [-0.1, -0.05) is 48.5 Å². The van der Waals surface area contributed by atoms with Gasteiger partial charge in [0.1, 0.15) is 22.7 Å². The van der Waals surface area contributed by atoms with Crippen molar-refractivity contribution in [3.63, 3.8) is 0 Å². The Morgan fingerprint density at radius 1 is 1.03 bits per heavy atom. The van der Waals surface area contributed by atoms with Gasteiger partial charge in [-0.25, -0.2) is 0 Å². The largest absolute Gasteiger partial charge is 0.496 e. The summed E-state index contributed by atoms with van der Waals surface area (Å²) in [6.45, 7) is 6.73. The molecule has 5 rings (SSSR count). The fraction of sp³-hybridized carbons (Fsp3) is 0.290. The normalized spacial score (nSPS) is 17.0. The summed E-state index contributed by atoms with van der Waals surface area (Å²) in [5.41, 5.74) is 2.19. The van der Waals surface area contributed by atoms with Crippen LogP contribution in [0.2, 0.25) is 0 Å². The molecule has 1 aliphatic heterocycles. The van der Waals surface area contributed by atoms with Crippen LogP contribution in [-0.4, -0.2) is 40.0 Å². The highest BCUT2D eigenvalue weighted by Crippen LogP contribution is 2.34. The molecule has 1 N–H and O–H groups in total. The Morgan fingerprint density at radius 3 is 2.47 bits per heavy atom. The minimum absolute atomic E-state index is 0.0710. The van der Waals surface area contributed by atoms with Gasteiger partial charge in [0, 0.05) is 29.6 Å². The summed E-state index contributed by atoms with van der Waals surface area (Å²) >= 11 is 0. The minimum Gasteiger partial charge on any atom is -0.496 e. The maximum Gasteiger partial charge on any atom is 0.271 e. The lowest BCUT2D eigenvalue weighted by Crippen LogP contribution is -2.63. The quantitative estimate of drug-likeness (QED) is 0.354. The Balaban J connectivity index is 1.48. The van der Waals surface area contributed by atoms with E-state index in [4.69, 9.17) is 9.47 Å². The third-order valence-corrected chi connectivity index (χ3v) is 7.09. The number of fused-ring (bicyclic) bond motifs is 3. The first-order chi connectivity index (χ1) is 18.3. The Kier molecular flexibility index (Phi) is 6.85. The van der Waals surface area contributed by atoms with Crippen LogP contribution in [0.15, 0.2) is 78.9 Å². The molecule has 7 heteroatoms. The Bertz CT molecular complexity index is 1470. The highest BCUT2D eigenvalue weighted by atomic mass is 16.5. The van der Waals surface area contributed by atoms with Crippen molar-refractivity contribution in [1.29, 1.82) is 0 Å². The smallest absolute Gasteiger partial charge is 0.271 e. The number of aromatic nitrogens is 1. The van der Waals surface area contributed by atoms with Crippen LogP contribution in [0, 0.1) is 0 Å². The van der Waals surface area contributed by atoms with E-state index in [0.29, 0.717) is 31.1 Å². The van der Waals surface area contributed by atoms with Gasteiger partial charge in [-0.2, -0.15) is 0 Å². The van der Waals surface area contributed by atoms with Gasteiger partial charge < -0.3 is 24.3 Å². The predicted octanol–water partition coefficient (Wildman–Crippen LogP) is 5.17. The maximum atomic E-state index is 14.0. The van der Waals surface area contributed by atoms with Gasteiger partial charge >= 0.3 is 0 Å². The zero-order valence-corrected chi connectivity index (χ0v) is 22.2. The molecule has 0 saturated heterocycles. The summed E-state index contributed by atoms with van der Waals surface area (Å²) in [4.78, 5) is 29.6. The third kappa shape index (κ3) is 4.72. The number of nitrogens with one attached hydrogen (secondary N) is 1. The van der Waals surface area contributed by atoms with E-state index in [1.165, 1.54) is 0 Å². The summed E-state index contributed by atoms with van der Waals surface area (Å²) in [5, 5.41) is 4.05. The van der Waals surface area contributed by atoms with Crippen molar-refractivity contribution in [1.82, 2.24) is 14.8 Å². The molecule has 4 aromatic rings. The molecule has 0 aliphatic carbocycles. The van der Waals surface area contributed by atoms with Crippen molar-refractivity contribution in [3.8, 4) is 11.5 Å². The van der Waals surface area contributed by atoms with Gasteiger partial charge in [0.15, 0.2) is 0 Å². The monoisotopic (exact) mass is 511 g/mol. The molecule has 1 aromatic heterocycles. The lowest BCUT2D eigenvalue weighted by atomic mass is 9.93. The molecule has 0 spiro atoms. The number of para-hydroxylation sites is 2. The summed E-state index contributed by atoms with van der Waals surface area (Å²) in [6, 6.07) is 25.1.